The molecule has 1 aliphatic heterocycles. The largest absolute Gasteiger partial charge is 0.393 e. The highest BCUT2D eigenvalue weighted by Crippen LogP contribution is 2.26. The van der Waals surface area contributed by atoms with Gasteiger partial charge in [0.05, 0.1) is 16.1 Å². The Morgan fingerprint density at radius 1 is 1.19 bits per heavy atom. The third kappa shape index (κ3) is 5.63. The van der Waals surface area contributed by atoms with Crippen molar-refractivity contribution >= 4 is 33.6 Å². The predicted octanol–water partition coefficient (Wildman–Crippen LogP) is 3.74. The number of anilines is 2. The highest BCUT2D eigenvalue weighted by molar-refractivity contribution is 9.10. The molecule has 1 aliphatic carbocycles. The SMILES string of the molecule is O=C(c1cccc(Br)c1F)N(CC1CCNCC1)c1ccnc(NC2CCC(O)CC2)n1. The average molecular weight is 506 g/mol. The van der Waals surface area contributed by atoms with Gasteiger partial charge in [-0.2, -0.15) is 4.98 Å². The second-order valence-electron chi connectivity index (χ2n) is 8.60. The van der Waals surface area contributed by atoms with E-state index in [0.717, 1.165) is 51.6 Å². The molecule has 1 aromatic heterocycles. The van der Waals surface area contributed by atoms with Gasteiger partial charge in [0, 0.05) is 18.8 Å². The van der Waals surface area contributed by atoms with Gasteiger partial charge in [0.2, 0.25) is 5.95 Å². The number of hydrogen-bond donors (Lipinski definition) is 3. The summed E-state index contributed by atoms with van der Waals surface area (Å²) in [4.78, 5) is 24.0. The molecule has 0 atom stereocenters. The molecular weight excluding hydrogens is 477 g/mol. The second kappa shape index (κ2) is 10.7. The monoisotopic (exact) mass is 505 g/mol. The van der Waals surface area contributed by atoms with Crippen molar-refractivity contribution in [2.75, 3.05) is 29.9 Å². The van der Waals surface area contributed by atoms with Gasteiger partial charge in [0.15, 0.2) is 0 Å². The lowest BCUT2D eigenvalue weighted by molar-refractivity contribution is 0.0975. The molecule has 0 unspecified atom stereocenters. The van der Waals surface area contributed by atoms with Crippen molar-refractivity contribution < 1.29 is 14.3 Å². The Morgan fingerprint density at radius 2 is 1.94 bits per heavy atom. The first-order valence-electron chi connectivity index (χ1n) is 11.3. The fraction of sp³-hybridized carbons (Fsp3) is 0.522. The van der Waals surface area contributed by atoms with Gasteiger partial charge in [-0.05, 0) is 91.7 Å². The number of nitrogens with one attached hydrogen (secondary N) is 2. The number of aliphatic hydroxyl groups is 1. The van der Waals surface area contributed by atoms with Crippen molar-refractivity contribution in [2.45, 2.75) is 50.7 Å². The van der Waals surface area contributed by atoms with Gasteiger partial charge < -0.3 is 15.7 Å². The van der Waals surface area contributed by atoms with Crippen LogP contribution in [0.3, 0.4) is 0 Å². The fourth-order valence-electron chi connectivity index (χ4n) is 4.39. The maximum atomic E-state index is 14.8. The van der Waals surface area contributed by atoms with Crippen molar-refractivity contribution in [1.29, 1.82) is 0 Å². The van der Waals surface area contributed by atoms with E-state index in [1.54, 1.807) is 29.3 Å². The molecule has 0 bridgehead atoms. The Labute approximate surface area is 196 Å². The van der Waals surface area contributed by atoms with Gasteiger partial charge in [0.25, 0.3) is 5.91 Å². The van der Waals surface area contributed by atoms with Gasteiger partial charge in [-0.1, -0.05) is 6.07 Å². The molecular formula is C23H29BrFN5O2. The number of aliphatic hydroxyl groups excluding tert-OH is 1. The summed E-state index contributed by atoms with van der Waals surface area (Å²) in [6, 6.07) is 6.63. The zero-order chi connectivity index (χ0) is 22.5. The molecule has 9 heteroatoms. The molecule has 0 spiro atoms. The van der Waals surface area contributed by atoms with E-state index in [1.165, 1.54) is 6.07 Å². The third-order valence-corrected chi connectivity index (χ3v) is 6.89. The lowest BCUT2D eigenvalue weighted by atomic mass is 9.93. The summed E-state index contributed by atoms with van der Waals surface area (Å²) in [5.41, 5.74) is 0.0164. The standard InChI is InChI=1S/C23H29BrFN5O2/c24-19-3-1-2-18(21(19)25)22(32)30(14-15-8-11-26-12-9-15)20-10-13-27-23(29-20)28-16-4-6-17(31)7-5-16/h1-3,10,13,15-17,26,31H,4-9,11-12,14H2,(H,27,28,29). The Kier molecular flexibility index (Phi) is 7.70. The number of carbonyl (C=O) groups is 1. The number of amides is 1. The van der Waals surface area contributed by atoms with Crippen LogP contribution in [0.4, 0.5) is 16.2 Å². The van der Waals surface area contributed by atoms with Crippen LogP contribution in [-0.2, 0) is 0 Å². The second-order valence-corrected chi connectivity index (χ2v) is 9.45. The van der Waals surface area contributed by atoms with Crippen molar-refractivity contribution in [2.24, 2.45) is 5.92 Å². The van der Waals surface area contributed by atoms with E-state index in [2.05, 4.69) is 36.5 Å². The lowest BCUT2D eigenvalue weighted by Gasteiger charge is -2.30. The average Bonchev–Trinajstić information content (AvgIpc) is 2.81. The first-order valence-corrected chi connectivity index (χ1v) is 12.0. The number of hydrogen-bond acceptors (Lipinski definition) is 6. The summed E-state index contributed by atoms with van der Waals surface area (Å²) in [6.07, 6.45) is 6.47. The fourth-order valence-corrected chi connectivity index (χ4v) is 4.76. The summed E-state index contributed by atoms with van der Waals surface area (Å²) < 4.78 is 15.0. The molecule has 1 aromatic carbocycles. The van der Waals surface area contributed by atoms with Gasteiger partial charge in [0.1, 0.15) is 11.6 Å². The molecule has 2 aromatic rings. The molecule has 1 amide bonds. The number of nitrogens with zero attached hydrogens (tertiary/aromatic N) is 3. The molecule has 2 heterocycles. The van der Waals surface area contributed by atoms with Crippen molar-refractivity contribution in [3.63, 3.8) is 0 Å². The number of piperidine rings is 1. The molecule has 1 saturated heterocycles. The summed E-state index contributed by atoms with van der Waals surface area (Å²) in [7, 11) is 0. The van der Waals surface area contributed by atoms with E-state index >= 15 is 0 Å². The van der Waals surface area contributed by atoms with E-state index in [1.807, 2.05) is 0 Å². The zero-order valence-electron chi connectivity index (χ0n) is 17.9. The van der Waals surface area contributed by atoms with E-state index in [0.29, 0.717) is 24.2 Å². The Balaban J connectivity index is 1.59. The number of benzene rings is 1. The van der Waals surface area contributed by atoms with Gasteiger partial charge in [-0.15, -0.1) is 0 Å². The number of aromatic nitrogens is 2. The quantitative estimate of drug-likeness (QED) is 0.553. The number of rotatable bonds is 6. The normalized spacial score (nSPS) is 21.8. The molecule has 7 nitrogen and oxygen atoms in total. The molecule has 1 saturated carbocycles. The summed E-state index contributed by atoms with van der Waals surface area (Å²) >= 11 is 3.18. The first kappa shape index (κ1) is 23.1. The Morgan fingerprint density at radius 3 is 2.69 bits per heavy atom. The Hall–Kier alpha value is -2.10. The molecule has 172 valence electrons. The van der Waals surface area contributed by atoms with Crippen LogP contribution < -0.4 is 15.5 Å². The predicted molar refractivity (Wildman–Crippen MR) is 125 cm³/mol. The van der Waals surface area contributed by atoms with Crippen LogP contribution in [0.5, 0.6) is 0 Å². The smallest absolute Gasteiger partial charge is 0.262 e. The zero-order valence-corrected chi connectivity index (χ0v) is 19.5. The van der Waals surface area contributed by atoms with Crippen LogP contribution in [0.1, 0.15) is 48.9 Å². The van der Waals surface area contributed by atoms with E-state index in [4.69, 9.17) is 0 Å². The van der Waals surface area contributed by atoms with Gasteiger partial charge >= 0.3 is 0 Å². The number of carbonyl (C=O) groups excluding carboxylic acids is 1. The van der Waals surface area contributed by atoms with Gasteiger partial charge in [-0.25, -0.2) is 9.37 Å². The molecule has 4 rings (SSSR count). The summed E-state index contributed by atoms with van der Waals surface area (Å²) in [5.74, 6) is 0.235. The first-order chi connectivity index (χ1) is 15.5. The topological polar surface area (TPSA) is 90.4 Å². The van der Waals surface area contributed by atoms with E-state index in [9.17, 15) is 14.3 Å². The van der Waals surface area contributed by atoms with Crippen LogP contribution in [0, 0.1) is 11.7 Å². The van der Waals surface area contributed by atoms with Crippen LogP contribution in [0.15, 0.2) is 34.9 Å². The van der Waals surface area contributed by atoms with E-state index < -0.39 is 11.7 Å². The number of halogens is 2. The van der Waals surface area contributed by atoms with Gasteiger partial charge in [-0.3, -0.25) is 9.69 Å². The Bertz CT molecular complexity index is 932. The molecule has 2 fully saturated rings. The highest BCUT2D eigenvalue weighted by atomic mass is 79.9. The van der Waals surface area contributed by atoms with Crippen molar-refractivity contribution in [3.05, 3.63) is 46.3 Å². The molecule has 32 heavy (non-hydrogen) atoms. The minimum absolute atomic E-state index is 0.0164. The van der Waals surface area contributed by atoms with E-state index in [-0.39, 0.29) is 22.2 Å². The molecule has 2 aliphatic rings. The minimum atomic E-state index is -0.569. The van der Waals surface area contributed by atoms with Crippen molar-refractivity contribution in [1.82, 2.24) is 15.3 Å². The lowest BCUT2D eigenvalue weighted by Crippen LogP contribution is -2.40. The molecule has 3 N–H and O–H groups in total. The summed E-state index contributed by atoms with van der Waals surface area (Å²) in [5, 5.41) is 16.4. The van der Waals surface area contributed by atoms with Crippen molar-refractivity contribution in [3.8, 4) is 0 Å². The maximum absolute atomic E-state index is 14.8. The highest BCUT2D eigenvalue weighted by Gasteiger charge is 2.27. The molecule has 0 radical (unpaired) electrons. The minimum Gasteiger partial charge on any atom is -0.393 e. The maximum Gasteiger partial charge on any atom is 0.262 e. The summed E-state index contributed by atoms with van der Waals surface area (Å²) in [6.45, 7) is 2.28. The third-order valence-electron chi connectivity index (χ3n) is 6.27. The van der Waals surface area contributed by atoms with Crippen LogP contribution >= 0.6 is 15.9 Å². The van der Waals surface area contributed by atoms with Crippen LogP contribution in [-0.4, -0.2) is 52.8 Å². The van der Waals surface area contributed by atoms with Crippen LogP contribution in [0.25, 0.3) is 0 Å². The van der Waals surface area contributed by atoms with Crippen LogP contribution in [0.2, 0.25) is 0 Å².